The van der Waals surface area contributed by atoms with Gasteiger partial charge in [-0.15, -0.1) is 0 Å². The first-order valence-corrected chi connectivity index (χ1v) is 5.57. The second-order valence-corrected chi connectivity index (χ2v) is 4.13. The molecule has 2 aromatic rings. The first-order valence-electron chi connectivity index (χ1n) is 5.57. The molecule has 17 heavy (non-hydrogen) atoms. The Morgan fingerprint density at radius 3 is 2.47 bits per heavy atom. The first kappa shape index (κ1) is 11.6. The van der Waals surface area contributed by atoms with Gasteiger partial charge in [-0.3, -0.25) is 0 Å². The van der Waals surface area contributed by atoms with E-state index in [4.69, 9.17) is 4.74 Å². The summed E-state index contributed by atoms with van der Waals surface area (Å²) in [6.07, 6.45) is 1.79. The summed E-state index contributed by atoms with van der Waals surface area (Å²) >= 11 is 0. The predicted octanol–water partition coefficient (Wildman–Crippen LogP) is 3.08. The molecule has 0 saturated heterocycles. The fraction of sp³-hybridized carbons (Fsp3) is 0.286. The maximum atomic E-state index is 5.31. The highest BCUT2D eigenvalue weighted by atomic mass is 16.5. The molecule has 0 aliphatic heterocycles. The van der Waals surface area contributed by atoms with Crippen molar-refractivity contribution in [1.82, 2.24) is 9.97 Å². The number of rotatable bonds is 2. The van der Waals surface area contributed by atoms with Crippen molar-refractivity contribution in [3.63, 3.8) is 0 Å². The minimum Gasteiger partial charge on any atom is -0.496 e. The van der Waals surface area contributed by atoms with Crippen LogP contribution in [0, 0.1) is 20.8 Å². The van der Waals surface area contributed by atoms with E-state index in [1.165, 1.54) is 0 Å². The molecule has 2 rings (SSSR count). The molecule has 0 aliphatic rings. The molecule has 0 spiro atoms. The maximum Gasteiger partial charge on any atom is 0.125 e. The molecule has 88 valence electrons. The monoisotopic (exact) mass is 228 g/mol. The van der Waals surface area contributed by atoms with Gasteiger partial charge in [0.1, 0.15) is 11.6 Å². The van der Waals surface area contributed by atoms with Crippen LogP contribution in [0.5, 0.6) is 5.75 Å². The van der Waals surface area contributed by atoms with E-state index in [1.54, 1.807) is 13.3 Å². The molecule has 0 amide bonds. The lowest BCUT2D eigenvalue weighted by Gasteiger charge is -2.11. The van der Waals surface area contributed by atoms with E-state index in [9.17, 15) is 0 Å². The van der Waals surface area contributed by atoms with Crippen molar-refractivity contribution in [2.45, 2.75) is 20.8 Å². The summed E-state index contributed by atoms with van der Waals surface area (Å²) in [6, 6.07) is 6.08. The van der Waals surface area contributed by atoms with Gasteiger partial charge in [0.25, 0.3) is 0 Å². The maximum absolute atomic E-state index is 5.31. The van der Waals surface area contributed by atoms with E-state index in [-0.39, 0.29) is 0 Å². The second-order valence-electron chi connectivity index (χ2n) is 4.13. The molecule has 0 radical (unpaired) electrons. The number of hydrogen-bond donors (Lipinski definition) is 0. The van der Waals surface area contributed by atoms with E-state index in [1.807, 2.05) is 26.0 Å². The van der Waals surface area contributed by atoms with Crippen molar-refractivity contribution in [3.05, 3.63) is 41.3 Å². The van der Waals surface area contributed by atoms with Crippen LogP contribution in [0.1, 0.15) is 17.0 Å². The molecular weight excluding hydrogens is 212 g/mol. The van der Waals surface area contributed by atoms with Crippen molar-refractivity contribution in [3.8, 4) is 17.0 Å². The molecule has 0 saturated carbocycles. The number of ether oxygens (including phenoxy) is 1. The van der Waals surface area contributed by atoms with Crippen molar-refractivity contribution in [1.29, 1.82) is 0 Å². The Morgan fingerprint density at radius 2 is 1.82 bits per heavy atom. The Hall–Kier alpha value is -1.90. The van der Waals surface area contributed by atoms with Crippen LogP contribution in [-0.2, 0) is 0 Å². The van der Waals surface area contributed by atoms with Gasteiger partial charge in [0.15, 0.2) is 0 Å². The van der Waals surface area contributed by atoms with E-state index >= 15 is 0 Å². The first-order chi connectivity index (χ1) is 8.11. The number of aromatic nitrogens is 2. The average molecular weight is 228 g/mol. The summed E-state index contributed by atoms with van der Waals surface area (Å²) in [4.78, 5) is 8.56. The highest BCUT2D eigenvalue weighted by Crippen LogP contribution is 2.28. The fourth-order valence-electron chi connectivity index (χ4n) is 1.89. The highest BCUT2D eigenvalue weighted by molar-refractivity contribution is 5.66. The van der Waals surface area contributed by atoms with Gasteiger partial charge in [-0.25, -0.2) is 9.97 Å². The van der Waals surface area contributed by atoms with Crippen LogP contribution in [0.3, 0.4) is 0 Å². The third kappa shape index (κ3) is 2.28. The molecule has 0 bridgehead atoms. The van der Waals surface area contributed by atoms with Gasteiger partial charge < -0.3 is 4.74 Å². The van der Waals surface area contributed by atoms with Crippen LogP contribution in [0.15, 0.2) is 24.4 Å². The molecular formula is C14H16N2O. The highest BCUT2D eigenvalue weighted by Gasteiger charge is 2.08. The number of methoxy groups -OCH3 is 1. The van der Waals surface area contributed by atoms with Gasteiger partial charge in [0, 0.05) is 11.8 Å². The summed E-state index contributed by atoms with van der Waals surface area (Å²) in [7, 11) is 1.69. The molecule has 0 fully saturated rings. The van der Waals surface area contributed by atoms with Gasteiger partial charge in [-0.1, -0.05) is 0 Å². The lowest BCUT2D eigenvalue weighted by atomic mass is 10.0. The molecule has 0 atom stereocenters. The SMILES string of the molecule is COc1cc(C)c(-c2ccnc(C)n2)cc1C. The number of aryl methyl sites for hydroxylation is 3. The van der Waals surface area contributed by atoms with Crippen LogP contribution in [-0.4, -0.2) is 17.1 Å². The second kappa shape index (κ2) is 4.53. The Labute approximate surface area is 102 Å². The van der Waals surface area contributed by atoms with Gasteiger partial charge in [0.05, 0.1) is 12.8 Å². The Bertz CT molecular complexity index is 550. The van der Waals surface area contributed by atoms with E-state index in [0.717, 1.165) is 34.0 Å². The van der Waals surface area contributed by atoms with Crippen molar-refractivity contribution < 1.29 is 4.74 Å². The average Bonchev–Trinajstić information content (AvgIpc) is 2.31. The summed E-state index contributed by atoms with van der Waals surface area (Å²) in [5.41, 5.74) is 4.37. The standard InChI is InChI=1S/C14H16N2O/c1-9-8-14(17-4)10(2)7-12(9)13-5-6-15-11(3)16-13/h5-8H,1-4H3. The van der Waals surface area contributed by atoms with E-state index in [2.05, 4.69) is 23.0 Å². The Balaban J connectivity index is 2.56. The number of benzene rings is 1. The third-order valence-corrected chi connectivity index (χ3v) is 2.79. The molecule has 1 aromatic heterocycles. The molecule has 3 heteroatoms. The van der Waals surface area contributed by atoms with Crippen molar-refractivity contribution >= 4 is 0 Å². The van der Waals surface area contributed by atoms with Gasteiger partial charge >= 0.3 is 0 Å². The van der Waals surface area contributed by atoms with Crippen LogP contribution < -0.4 is 4.74 Å². The molecule has 0 unspecified atom stereocenters. The lowest BCUT2D eigenvalue weighted by molar-refractivity contribution is 0.411. The fourth-order valence-corrected chi connectivity index (χ4v) is 1.89. The zero-order valence-electron chi connectivity index (χ0n) is 10.6. The van der Waals surface area contributed by atoms with Crippen LogP contribution >= 0.6 is 0 Å². The zero-order chi connectivity index (χ0) is 12.4. The van der Waals surface area contributed by atoms with Crippen LogP contribution in [0.4, 0.5) is 0 Å². The summed E-state index contributed by atoms with van der Waals surface area (Å²) < 4.78 is 5.31. The smallest absolute Gasteiger partial charge is 0.125 e. The Kier molecular flexibility index (Phi) is 3.09. The molecule has 1 aromatic carbocycles. The molecule has 0 N–H and O–H groups in total. The van der Waals surface area contributed by atoms with Gasteiger partial charge in [-0.2, -0.15) is 0 Å². The largest absolute Gasteiger partial charge is 0.496 e. The van der Waals surface area contributed by atoms with Crippen molar-refractivity contribution in [2.75, 3.05) is 7.11 Å². The summed E-state index contributed by atoms with van der Waals surface area (Å²) in [5.74, 6) is 1.70. The van der Waals surface area contributed by atoms with Crippen molar-refractivity contribution in [2.24, 2.45) is 0 Å². The normalized spacial score (nSPS) is 10.4. The molecule has 0 aliphatic carbocycles. The summed E-state index contributed by atoms with van der Waals surface area (Å²) in [5, 5.41) is 0. The lowest BCUT2D eigenvalue weighted by Crippen LogP contribution is -1.94. The van der Waals surface area contributed by atoms with Crippen LogP contribution in [0.2, 0.25) is 0 Å². The minimum atomic E-state index is 0.787. The number of hydrogen-bond acceptors (Lipinski definition) is 3. The minimum absolute atomic E-state index is 0.787. The van der Waals surface area contributed by atoms with E-state index < -0.39 is 0 Å². The third-order valence-electron chi connectivity index (χ3n) is 2.79. The summed E-state index contributed by atoms with van der Waals surface area (Å²) in [6.45, 7) is 6.00. The Morgan fingerprint density at radius 1 is 1.06 bits per heavy atom. The van der Waals surface area contributed by atoms with Gasteiger partial charge in [-0.05, 0) is 50.1 Å². The predicted molar refractivity (Wildman–Crippen MR) is 68.2 cm³/mol. The zero-order valence-corrected chi connectivity index (χ0v) is 10.6. The molecule has 1 heterocycles. The molecule has 3 nitrogen and oxygen atoms in total. The quantitative estimate of drug-likeness (QED) is 0.792. The number of nitrogens with zero attached hydrogens (tertiary/aromatic N) is 2. The van der Waals surface area contributed by atoms with Gasteiger partial charge in [0.2, 0.25) is 0 Å². The topological polar surface area (TPSA) is 35.0 Å². The van der Waals surface area contributed by atoms with Crippen LogP contribution in [0.25, 0.3) is 11.3 Å². The van der Waals surface area contributed by atoms with E-state index in [0.29, 0.717) is 0 Å².